The summed E-state index contributed by atoms with van der Waals surface area (Å²) in [5.41, 5.74) is 1.33. The zero-order valence-electron chi connectivity index (χ0n) is 17.9. The molecule has 1 aromatic rings. The second kappa shape index (κ2) is 10.6. The largest absolute Gasteiger partial charge is 0.352 e. The first-order chi connectivity index (χ1) is 14.0. The first-order valence-corrected chi connectivity index (χ1v) is 11.1. The summed E-state index contributed by atoms with van der Waals surface area (Å²) in [5.74, 6) is 0.721. The fraction of sp³-hybridized carbons (Fsp3) is 0.652. The van der Waals surface area contributed by atoms with Gasteiger partial charge in [0.15, 0.2) is 0 Å². The van der Waals surface area contributed by atoms with Crippen molar-refractivity contribution in [2.45, 2.75) is 64.6 Å². The smallest absolute Gasteiger partial charge is 0.317 e. The van der Waals surface area contributed by atoms with E-state index in [1.807, 2.05) is 24.8 Å². The SMILES string of the molecule is CC(C)NC(=O)N1CCC(CCC(=O)N[C@H]2CCN(Cc3ccccc3)C2)CC1. The molecule has 0 unspecified atom stereocenters. The minimum Gasteiger partial charge on any atom is -0.352 e. The normalized spacial score (nSPS) is 20.8. The van der Waals surface area contributed by atoms with Crippen molar-refractivity contribution in [3.63, 3.8) is 0 Å². The van der Waals surface area contributed by atoms with Gasteiger partial charge in [-0.1, -0.05) is 30.3 Å². The average Bonchev–Trinajstić information content (AvgIpc) is 3.13. The molecule has 0 saturated carbocycles. The van der Waals surface area contributed by atoms with Crippen LogP contribution in [0, 0.1) is 5.92 Å². The Morgan fingerprint density at radius 3 is 2.48 bits per heavy atom. The second-order valence-corrected chi connectivity index (χ2v) is 8.85. The van der Waals surface area contributed by atoms with Crippen molar-refractivity contribution >= 4 is 11.9 Å². The molecule has 160 valence electrons. The Balaban J connectivity index is 1.30. The molecule has 2 saturated heterocycles. The van der Waals surface area contributed by atoms with Crippen LogP contribution in [0.25, 0.3) is 0 Å². The number of hydrogen-bond donors (Lipinski definition) is 2. The van der Waals surface area contributed by atoms with Crippen molar-refractivity contribution in [1.29, 1.82) is 0 Å². The van der Waals surface area contributed by atoms with Crippen LogP contribution in [0.5, 0.6) is 0 Å². The lowest BCUT2D eigenvalue weighted by Crippen LogP contribution is -2.46. The van der Waals surface area contributed by atoms with E-state index in [0.717, 1.165) is 58.4 Å². The molecule has 1 atom stereocenters. The van der Waals surface area contributed by atoms with Crippen LogP contribution >= 0.6 is 0 Å². The molecule has 0 aromatic heterocycles. The number of likely N-dealkylation sites (tertiary alicyclic amines) is 2. The van der Waals surface area contributed by atoms with Crippen LogP contribution in [0.2, 0.25) is 0 Å². The van der Waals surface area contributed by atoms with E-state index in [4.69, 9.17) is 0 Å². The number of benzene rings is 1. The van der Waals surface area contributed by atoms with Gasteiger partial charge in [0.25, 0.3) is 0 Å². The van der Waals surface area contributed by atoms with Gasteiger partial charge in [-0.3, -0.25) is 9.69 Å². The van der Waals surface area contributed by atoms with E-state index in [1.165, 1.54) is 5.56 Å². The van der Waals surface area contributed by atoms with Gasteiger partial charge in [0.05, 0.1) is 0 Å². The molecule has 3 rings (SSSR count). The molecule has 0 radical (unpaired) electrons. The lowest BCUT2D eigenvalue weighted by Gasteiger charge is -2.32. The van der Waals surface area contributed by atoms with E-state index in [-0.39, 0.29) is 24.0 Å². The van der Waals surface area contributed by atoms with E-state index in [9.17, 15) is 9.59 Å². The van der Waals surface area contributed by atoms with Gasteiger partial charge in [-0.2, -0.15) is 0 Å². The maximum absolute atomic E-state index is 12.4. The summed E-state index contributed by atoms with van der Waals surface area (Å²) in [7, 11) is 0. The lowest BCUT2D eigenvalue weighted by molar-refractivity contribution is -0.122. The third kappa shape index (κ3) is 7.03. The summed E-state index contributed by atoms with van der Waals surface area (Å²) < 4.78 is 0. The summed E-state index contributed by atoms with van der Waals surface area (Å²) >= 11 is 0. The molecular formula is C23H36N4O2. The molecule has 2 heterocycles. The van der Waals surface area contributed by atoms with Crippen LogP contribution < -0.4 is 10.6 Å². The summed E-state index contributed by atoms with van der Waals surface area (Å²) in [6.07, 6.45) is 4.53. The van der Waals surface area contributed by atoms with Crippen LogP contribution in [0.1, 0.15) is 51.5 Å². The second-order valence-electron chi connectivity index (χ2n) is 8.85. The summed E-state index contributed by atoms with van der Waals surface area (Å²) in [6, 6.07) is 11.0. The number of urea groups is 1. The van der Waals surface area contributed by atoms with Crippen LogP contribution in [0.3, 0.4) is 0 Å². The highest BCUT2D eigenvalue weighted by Gasteiger charge is 2.26. The third-order valence-electron chi connectivity index (χ3n) is 5.98. The van der Waals surface area contributed by atoms with Crippen molar-refractivity contribution in [3.8, 4) is 0 Å². The van der Waals surface area contributed by atoms with Crippen LogP contribution in [-0.4, -0.2) is 60.0 Å². The van der Waals surface area contributed by atoms with Crippen LogP contribution in [0.4, 0.5) is 4.79 Å². The van der Waals surface area contributed by atoms with Gasteiger partial charge in [0, 0.05) is 51.2 Å². The highest BCUT2D eigenvalue weighted by atomic mass is 16.2. The van der Waals surface area contributed by atoms with Crippen molar-refractivity contribution in [2.24, 2.45) is 5.92 Å². The minimum absolute atomic E-state index is 0.0393. The molecule has 2 aliphatic rings. The van der Waals surface area contributed by atoms with E-state index < -0.39 is 0 Å². The Hall–Kier alpha value is -2.08. The maximum Gasteiger partial charge on any atom is 0.317 e. The fourth-order valence-electron chi connectivity index (χ4n) is 4.33. The number of carbonyl (C=O) groups is 2. The topological polar surface area (TPSA) is 64.7 Å². The van der Waals surface area contributed by atoms with E-state index in [2.05, 4.69) is 39.8 Å². The first kappa shape index (κ1) is 21.6. The van der Waals surface area contributed by atoms with Crippen molar-refractivity contribution in [2.75, 3.05) is 26.2 Å². The quantitative estimate of drug-likeness (QED) is 0.740. The lowest BCUT2D eigenvalue weighted by atomic mass is 9.92. The van der Waals surface area contributed by atoms with Gasteiger partial charge in [0.1, 0.15) is 0 Å². The zero-order chi connectivity index (χ0) is 20.6. The molecule has 6 nitrogen and oxygen atoms in total. The Kier molecular flexibility index (Phi) is 7.92. The Morgan fingerprint density at radius 1 is 1.07 bits per heavy atom. The Bertz CT molecular complexity index is 656. The third-order valence-corrected chi connectivity index (χ3v) is 5.98. The van der Waals surface area contributed by atoms with Gasteiger partial charge in [-0.05, 0) is 51.0 Å². The minimum atomic E-state index is 0.0393. The zero-order valence-corrected chi connectivity index (χ0v) is 17.9. The van der Waals surface area contributed by atoms with Gasteiger partial charge in [-0.25, -0.2) is 4.79 Å². The van der Waals surface area contributed by atoms with E-state index >= 15 is 0 Å². The Labute approximate surface area is 175 Å². The summed E-state index contributed by atoms with van der Waals surface area (Å²) in [6.45, 7) is 8.48. The molecule has 3 amide bonds. The molecule has 0 aliphatic carbocycles. The van der Waals surface area contributed by atoms with Crippen molar-refractivity contribution in [1.82, 2.24) is 20.4 Å². The van der Waals surface area contributed by atoms with Crippen molar-refractivity contribution in [3.05, 3.63) is 35.9 Å². The Morgan fingerprint density at radius 2 is 1.79 bits per heavy atom. The molecule has 0 bridgehead atoms. The van der Waals surface area contributed by atoms with Gasteiger partial charge < -0.3 is 15.5 Å². The van der Waals surface area contributed by atoms with Crippen LogP contribution in [-0.2, 0) is 11.3 Å². The number of carbonyl (C=O) groups excluding carboxylic acids is 2. The number of nitrogens with zero attached hydrogens (tertiary/aromatic N) is 2. The van der Waals surface area contributed by atoms with E-state index in [0.29, 0.717) is 12.3 Å². The molecule has 2 fully saturated rings. The van der Waals surface area contributed by atoms with Gasteiger partial charge >= 0.3 is 6.03 Å². The van der Waals surface area contributed by atoms with Gasteiger partial charge in [-0.15, -0.1) is 0 Å². The number of nitrogens with one attached hydrogen (secondary N) is 2. The summed E-state index contributed by atoms with van der Waals surface area (Å²) in [4.78, 5) is 28.8. The summed E-state index contributed by atoms with van der Waals surface area (Å²) in [5, 5.41) is 6.18. The molecular weight excluding hydrogens is 364 g/mol. The standard InChI is InChI=1S/C23H36N4O2/c1-18(2)24-23(29)27-14-10-19(11-15-27)8-9-22(28)25-21-12-13-26(17-21)16-20-6-4-3-5-7-20/h3-7,18-19,21H,8-17H2,1-2H3,(H,24,29)(H,25,28)/t21-/m0/s1. The first-order valence-electron chi connectivity index (χ1n) is 11.1. The number of piperidine rings is 1. The maximum atomic E-state index is 12.4. The van der Waals surface area contributed by atoms with E-state index in [1.54, 1.807) is 0 Å². The van der Waals surface area contributed by atoms with Crippen molar-refractivity contribution < 1.29 is 9.59 Å². The average molecular weight is 401 g/mol. The molecule has 2 N–H and O–H groups in total. The predicted octanol–water partition coefficient (Wildman–Crippen LogP) is 2.99. The number of hydrogen-bond acceptors (Lipinski definition) is 3. The van der Waals surface area contributed by atoms with Crippen LogP contribution in [0.15, 0.2) is 30.3 Å². The number of amides is 3. The fourth-order valence-corrected chi connectivity index (χ4v) is 4.33. The highest BCUT2D eigenvalue weighted by Crippen LogP contribution is 2.22. The predicted molar refractivity (Wildman–Crippen MR) is 115 cm³/mol. The molecule has 6 heteroatoms. The molecule has 0 spiro atoms. The monoisotopic (exact) mass is 400 g/mol. The van der Waals surface area contributed by atoms with Gasteiger partial charge in [0.2, 0.25) is 5.91 Å². The molecule has 29 heavy (non-hydrogen) atoms. The molecule has 2 aliphatic heterocycles. The highest BCUT2D eigenvalue weighted by molar-refractivity contribution is 5.76. The molecule has 1 aromatic carbocycles. The number of rotatable bonds is 7.